The van der Waals surface area contributed by atoms with Crippen LogP contribution in [0.25, 0.3) is 0 Å². The third-order valence-corrected chi connectivity index (χ3v) is 5.32. The fraction of sp³-hybridized carbons (Fsp3) is 0.667. The van der Waals surface area contributed by atoms with Gasteiger partial charge in [0.1, 0.15) is 5.82 Å². The lowest BCUT2D eigenvalue weighted by molar-refractivity contribution is -0.133. The van der Waals surface area contributed by atoms with Crippen LogP contribution in [0, 0.1) is 0 Å². The van der Waals surface area contributed by atoms with Crippen LogP contribution < -0.4 is 0 Å². The lowest BCUT2D eigenvalue weighted by atomic mass is 9.95. The van der Waals surface area contributed by atoms with Crippen LogP contribution in [-0.2, 0) is 16.1 Å². The van der Waals surface area contributed by atoms with Gasteiger partial charge in [-0.05, 0) is 25.7 Å². The molecule has 4 rings (SSSR count). The minimum absolute atomic E-state index is 0.190. The highest BCUT2D eigenvalue weighted by Crippen LogP contribution is 2.40. The Morgan fingerprint density at radius 3 is 2.69 bits per heavy atom. The number of nitrogens with zero attached hydrogens (tertiary/aromatic N) is 6. The average molecular weight is 358 g/mol. The van der Waals surface area contributed by atoms with E-state index in [2.05, 4.69) is 19.7 Å². The zero-order valence-corrected chi connectivity index (χ0v) is 15.3. The summed E-state index contributed by atoms with van der Waals surface area (Å²) in [5.41, 5.74) is 0. The van der Waals surface area contributed by atoms with Gasteiger partial charge in [-0.15, -0.1) is 10.2 Å². The van der Waals surface area contributed by atoms with Crippen molar-refractivity contribution in [2.45, 2.75) is 50.6 Å². The van der Waals surface area contributed by atoms with Crippen LogP contribution >= 0.6 is 0 Å². The first-order valence-corrected chi connectivity index (χ1v) is 9.42. The topological polar surface area (TPSA) is 78.1 Å². The Kier molecular flexibility index (Phi) is 5.01. The second-order valence-electron chi connectivity index (χ2n) is 7.21. The van der Waals surface area contributed by atoms with E-state index in [1.807, 2.05) is 22.0 Å². The molecule has 0 spiro atoms. The summed E-state index contributed by atoms with van der Waals surface area (Å²) < 4.78 is 9.40. The van der Waals surface area contributed by atoms with E-state index in [1.54, 1.807) is 13.3 Å². The van der Waals surface area contributed by atoms with Crippen LogP contribution in [0.2, 0.25) is 0 Å². The predicted octanol–water partition coefficient (Wildman–Crippen LogP) is 1.60. The van der Waals surface area contributed by atoms with Crippen molar-refractivity contribution in [3.63, 3.8) is 0 Å². The van der Waals surface area contributed by atoms with Gasteiger partial charge in [0.25, 0.3) is 0 Å². The molecule has 0 N–H and O–H groups in total. The number of amides is 1. The number of aromatic nitrogens is 5. The van der Waals surface area contributed by atoms with E-state index in [4.69, 9.17) is 4.74 Å². The monoisotopic (exact) mass is 358 g/mol. The number of imidazole rings is 1. The molecule has 0 aromatic carbocycles. The largest absolute Gasteiger partial charge is 0.384 e. The molecule has 1 amide bonds. The maximum Gasteiger partial charge on any atom is 0.224 e. The van der Waals surface area contributed by atoms with Crippen LogP contribution in [0.15, 0.2) is 18.7 Å². The highest BCUT2D eigenvalue weighted by molar-refractivity contribution is 5.76. The molecule has 8 heteroatoms. The highest BCUT2D eigenvalue weighted by Gasteiger charge is 2.34. The van der Waals surface area contributed by atoms with Crippen LogP contribution in [0.4, 0.5) is 0 Å². The van der Waals surface area contributed by atoms with Gasteiger partial charge >= 0.3 is 0 Å². The third-order valence-electron chi connectivity index (χ3n) is 5.32. The smallest absolute Gasteiger partial charge is 0.224 e. The second-order valence-corrected chi connectivity index (χ2v) is 7.21. The lowest BCUT2D eigenvalue weighted by Crippen LogP contribution is -2.38. The van der Waals surface area contributed by atoms with Gasteiger partial charge in [-0.1, -0.05) is 0 Å². The first-order valence-electron chi connectivity index (χ1n) is 9.42. The van der Waals surface area contributed by atoms with E-state index < -0.39 is 0 Å². The number of piperidine rings is 1. The van der Waals surface area contributed by atoms with Crippen molar-refractivity contribution in [3.05, 3.63) is 30.4 Å². The maximum absolute atomic E-state index is 12.2. The molecule has 1 aliphatic carbocycles. The Morgan fingerprint density at radius 1 is 1.23 bits per heavy atom. The molecular formula is C18H26N6O2. The number of hydrogen-bond acceptors (Lipinski definition) is 5. The number of ether oxygens (including phenoxy) is 1. The van der Waals surface area contributed by atoms with E-state index in [1.165, 1.54) is 12.8 Å². The molecule has 0 unspecified atom stereocenters. The number of carbonyl (C=O) groups is 1. The van der Waals surface area contributed by atoms with Crippen LogP contribution in [0.1, 0.15) is 55.7 Å². The van der Waals surface area contributed by atoms with E-state index in [9.17, 15) is 4.79 Å². The summed E-state index contributed by atoms with van der Waals surface area (Å²) in [5, 5.41) is 9.05. The Hall–Kier alpha value is -2.22. The van der Waals surface area contributed by atoms with Crippen LogP contribution in [0.5, 0.6) is 0 Å². The lowest BCUT2D eigenvalue weighted by Gasteiger charge is -2.32. The van der Waals surface area contributed by atoms with Gasteiger partial charge < -0.3 is 18.8 Å². The van der Waals surface area contributed by atoms with Gasteiger partial charge in [0.2, 0.25) is 5.91 Å². The van der Waals surface area contributed by atoms with Crippen molar-refractivity contribution >= 4 is 5.91 Å². The van der Waals surface area contributed by atoms with Crippen LogP contribution in [-0.4, -0.2) is 61.9 Å². The van der Waals surface area contributed by atoms with Gasteiger partial charge in [0.15, 0.2) is 5.82 Å². The fourth-order valence-corrected chi connectivity index (χ4v) is 3.73. The Balaban J connectivity index is 1.44. The SMILES string of the molecule is COCCC(=O)N1CCC(c2nnc(Cn3ccnc3)n2C2CC2)CC1. The van der Waals surface area contributed by atoms with Crippen LogP contribution in [0.3, 0.4) is 0 Å². The zero-order valence-electron chi connectivity index (χ0n) is 15.3. The van der Waals surface area contributed by atoms with E-state index in [0.29, 0.717) is 31.5 Å². The molecule has 0 bridgehead atoms. The van der Waals surface area contributed by atoms with Crippen molar-refractivity contribution in [2.24, 2.45) is 0 Å². The van der Waals surface area contributed by atoms with Crippen molar-refractivity contribution < 1.29 is 9.53 Å². The fourth-order valence-electron chi connectivity index (χ4n) is 3.73. The standard InChI is InChI=1S/C18H26N6O2/c1-26-11-6-17(25)23-8-4-14(5-9-23)18-21-20-16(24(18)15-2-3-15)12-22-10-7-19-13-22/h7,10,13-15H,2-6,8-9,11-12H2,1H3. The first kappa shape index (κ1) is 17.2. The van der Waals surface area contributed by atoms with E-state index in [-0.39, 0.29) is 5.91 Å². The molecule has 3 heterocycles. The molecule has 0 radical (unpaired) electrons. The van der Waals surface area contributed by atoms with Crippen molar-refractivity contribution in [1.29, 1.82) is 0 Å². The minimum Gasteiger partial charge on any atom is -0.384 e. The number of likely N-dealkylation sites (tertiary alicyclic amines) is 1. The van der Waals surface area contributed by atoms with Crippen molar-refractivity contribution in [2.75, 3.05) is 26.8 Å². The summed E-state index contributed by atoms with van der Waals surface area (Å²) in [6, 6.07) is 0.542. The molecule has 2 aliphatic rings. The summed E-state index contributed by atoms with van der Waals surface area (Å²) in [6.07, 6.45) is 10.3. The summed E-state index contributed by atoms with van der Waals surface area (Å²) in [5.74, 6) is 2.69. The summed E-state index contributed by atoms with van der Waals surface area (Å²) in [6.45, 7) is 2.79. The quantitative estimate of drug-likeness (QED) is 0.751. The molecule has 2 fully saturated rings. The normalized spacial score (nSPS) is 18.4. The number of methoxy groups -OCH3 is 1. The Labute approximate surface area is 153 Å². The van der Waals surface area contributed by atoms with Gasteiger partial charge in [-0.3, -0.25) is 4.79 Å². The molecule has 140 valence electrons. The molecule has 8 nitrogen and oxygen atoms in total. The molecular weight excluding hydrogens is 332 g/mol. The third kappa shape index (κ3) is 3.65. The van der Waals surface area contributed by atoms with Gasteiger partial charge in [0, 0.05) is 44.6 Å². The Morgan fingerprint density at radius 2 is 2.04 bits per heavy atom. The predicted molar refractivity (Wildman–Crippen MR) is 94.7 cm³/mol. The first-order chi connectivity index (χ1) is 12.8. The molecule has 2 aromatic heterocycles. The molecule has 26 heavy (non-hydrogen) atoms. The number of hydrogen-bond donors (Lipinski definition) is 0. The van der Waals surface area contributed by atoms with Gasteiger partial charge in [-0.2, -0.15) is 0 Å². The highest BCUT2D eigenvalue weighted by atomic mass is 16.5. The molecule has 0 atom stereocenters. The molecule has 2 aromatic rings. The average Bonchev–Trinajstić information content (AvgIpc) is 3.21. The van der Waals surface area contributed by atoms with E-state index >= 15 is 0 Å². The Bertz CT molecular complexity index is 729. The summed E-state index contributed by atoms with van der Waals surface area (Å²) >= 11 is 0. The number of rotatable bonds is 7. The van der Waals surface area contributed by atoms with Gasteiger partial charge in [0.05, 0.1) is 25.9 Å². The molecule has 1 saturated heterocycles. The maximum atomic E-state index is 12.2. The number of carbonyl (C=O) groups excluding carboxylic acids is 1. The van der Waals surface area contributed by atoms with Crippen molar-refractivity contribution in [3.8, 4) is 0 Å². The zero-order chi connectivity index (χ0) is 17.9. The summed E-state index contributed by atoms with van der Waals surface area (Å²) in [7, 11) is 1.63. The van der Waals surface area contributed by atoms with Gasteiger partial charge in [-0.25, -0.2) is 4.98 Å². The second kappa shape index (κ2) is 7.57. The summed E-state index contributed by atoms with van der Waals surface area (Å²) in [4.78, 5) is 18.2. The van der Waals surface area contributed by atoms with Crippen molar-refractivity contribution in [1.82, 2.24) is 29.2 Å². The minimum atomic E-state index is 0.190. The molecule has 1 saturated carbocycles. The van der Waals surface area contributed by atoms with E-state index in [0.717, 1.165) is 37.6 Å². The molecule has 1 aliphatic heterocycles.